The van der Waals surface area contributed by atoms with Gasteiger partial charge in [0.15, 0.2) is 11.6 Å². The number of carbonyl (C=O) groups excluding carboxylic acids is 1. The van der Waals surface area contributed by atoms with Crippen molar-refractivity contribution in [3.05, 3.63) is 58.9 Å². The topological polar surface area (TPSA) is 51.2 Å². The van der Waals surface area contributed by atoms with Crippen molar-refractivity contribution in [2.24, 2.45) is 0 Å². The number of esters is 1. The lowest BCUT2D eigenvalue weighted by atomic mass is 10.1. The molecule has 2 aromatic rings. The van der Waals surface area contributed by atoms with Crippen molar-refractivity contribution in [2.75, 3.05) is 12.4 Å². The second-order valence-corrected chi connectivity index (χ2v) is 4.40. The molecule has 21 heavy (non-hydrogen) atoms. The number of aryl methyl sites for hydroxylation is 1. The zero-order valence-corrected chi connectivity index (χ0v) is 11.6. The Morgan fingerprint density at radius 3 is 2.71 bits per heavy atom. The van der Waals surface area contributed by atoms with E-state index in [1.807, 2.05) is 13.0 Å². The fraction of sp³-hybridized carbons (Fsp3) is 0.200. The van der Waals surface area contributed by atoms with Crippen LogP contribution in [0.15, 0.2) is 30.5 Å². The van der Waals surface area contributed by atoms with Crippen molar-refractivity contribution in [1.29, 1.82) is 0 Å². The molecule has 0 aliphatic heterocycles. The number of rotatable bonds is 4. The molecular weight excluding hydrogens is 278 g/mol. The Hall–Kier alpha value is -2.50. The molecule has 0 saturated heterocycles. The summed E-state index contributed by atoms with van der Waals surface area (Å²) in [7, 11) is 1.11. The molecule has 4 nitrogen and oxygen atoms in total. The molecule has 1 aromatic carbocycles. The zero-order chi connectivity index (χ0) is 15.4. The number of anilines is 1. The lowest BCUT2D eigenvalue weighted by molar-refractivity contribution is 0.0594. The summed E-state index contributed by atoms with van der Waals surface area (Å²) < 4.78 is 32.1. The van der Waals surface area contributed by atoms with Crippen molar-refractivity contribution in [3.8, 4) is 0 Å². The van der Waals surface area contributed by atoms with Crippen LogP contribution in [0.1, 0.15) is 21.6 Å². The molecule has 0 saturated carbocycles. The first-order chi connectivity index (χ1) is 10.0. The van der Waals surface area contributed by atoms with Gasteiger partial charge in [-0.15, -0.1) is 0 Å². The number of hydrogen-bond donors (Lipinski definition) is 1. The van der Waals surface area contributed by atoms with E-state index in [9.17, 15) is 13.6 Å². The van der Waals surface area contributed by atoms with Crippen LogP contribution in [0.2, 0.25) is 0 Å². The Balaban J connectivity index is 2.20. The minimum absolute atomic E-state index is 0.0368. The van der Waals surface area contributed by atoms with E-state index >= 15 is 0 Å². The Morgan fingerprint density at radius 1 is 1.29 bits per heavy atom. The first kappa shape index (κ1) is 14.9. The van der Waals surface area contributed by atoms with Gasteiger partial charge in [-0.2, -0.15) is 0 Å². The van der Waals surface area contributed by atoms with E-state index in [2.05, 4.69) is 15.0 Å². The second-order valence-electron chi connectivity index (χ2n) is 4.40. The molecule has 6 heteroatoms. The SMILES string of the molecule is COC(=O)c1ccc(NCc2ncccc2C)c(F)c1F. The number of hydrogen-bond acceptors (Lipinski definition) is 4. The Bertz CT molecular complexity index is 675. The predicted octanol–water partition coefficient (Wildman–Crippen LogP) is 3.07. The van der Waals surface area contributed by atoms with Crippen LogP contribution in [0.4, 0.5) is 14.5 Å². The third-order valence-electron chi connectivity index (χ3n) is 3.05. The highest BCUT2D eigenvalue weighted by molar-refractivity contribution is 5.90. The fourth-order valence-corrected chi connectivity index (χ4v) is 1.84. The molecule has 0 radical (unpaired) electrons. The van der Waals surface area contributed by atoms with E-state index in [1.54, 1.807) is 12.3 Å². The highest BCUT2D eigenvalue weighted by Gasteiger charge is 2.19. The predicted molar refractivity (Wildman–Crippen MR) is 74.0 cm³/mol. The number of ether oxygens (including phenoxy) is 1. The van der Waals surface area contributed by atoms with E-state index < -0.39 is 23.2 Å². The molecule has 1 heterocycles. The number of nitrogens with zero attached hydrogens (tertiary/aromatic N) is 1. The third kappa shape index (κ3) is 3.16. The number of methoxy groups -OCH3 is 1. The fourth-order valence-electron chi connectivity index (χ4n) is 1.84. The molecule has 0 amide bonds. The summed E-state index contributed by atoms with van der Waals surface area (Å²) >= 11 is 0. The Morgan fingerprint density at radius 2 is 2.05 bits per heavy atom. The minimum Gasteiger partial charge on any atom is -0.465 e. The van der Waals surface area contributed by atoms with Gasteiger partial charge in [-0.1, -0.05) is 6.07 Å². The quantitative estimate of drug-likeness (QED) is 0.880. The first-order valence-corrected chi connectivity index (χ1v) is 6.25. The van der Waals surface area contributed by atoms with E-state index in [4.69, 9.17) is 0 Å². The highest BCUT2D eigenvalue weighted by atomic mass is 19.2. The zero-order valence-electron chi connectivity index (χ0n) is 11.6. The van der Waals surface area contributed by atoms with Crippen LogP contribution in [0.25, 0.3) is 0 Å². The van der Waals surface area contributed by atoms with Gasteiger partial charge in [-0.25, -0.2) is 13.6 Å². The van der Waals surface area contributed by atoms with E-state index in [0.29, 0.717) is 0 Å². The molecule has 0 atom stereocenters. The maximum atomic E-state index is 13.9. The van der Waals surface area contributed by atoms with Gasteiger partial charge >= 0.3 is 5.97 Å². The van der Waals surface area contributed by atoms with Crippen LogP contribution in [0.5, 0.6) is 0 Å². The minimum atomic E-state index is -1.23. The molecular formula is C15H14F2N2O2. The van der Waals surface area contributed by atoms with Crippen molar-refractivity contribution < 1.29 is 18.3 Å². The lowest BCUT2D eigenvalue weighted by Gasteiger charge is -2.10. The van der Waals surface area contributed by atoms with Gasteiger partial charge in [0.1, 0.15) is 0 Å². The average molecular weight is 292 g/mol. The summed E-state index contributed by atoms with van der Waals surface area (Å²) in [6.45, 7) is 2.13. The van der Waals surface area contributed by atoms with Crippen molar-refractivity contribution in [1.82, 2.24) is 4.98 Å². The largest absolute Gasteiger partial charge is 0.465 e. The van der Waals surface area contributed by atoms with Gasteiger partial charge in [0.2, 0.25) is 0 Å². The van der Waals surface area contributed by atoms with Gasteiger partial charge in [0.05, 0.1) is 30.6 Å². The number of nitrogens with one attached hydrogen (secondary N) is 1. The number of carbonyl (C=O) groups is 1. The summed E-state index contributed by atoms with van der Waals surface area (Å²) in [6.07, 6.45) is 1.63. The molecule has 0 aliphatic carbocycles. The maximum absolute atomic E-state index is 13.9. The first-order valence-electron chi connectivity index (χ1n) is 6.25. The summed E-state index contributed by atoms with van der Waals surface area (Å²) in [5, 5.41) is 2.77. The Kier molecular flexibility index (Phi) is 4.47. The van der Waals surface area contributed by atoms with Crippen LogP contribution in [0, 0.1) is 18.6 Å². The third-order valence-corrected chi connectivity index (χ3v) is 3.05. The number of pyridine rings is 1. The van der Waals surface area contributed by atoms with Gasteiger partial charge in [-0.05, 0) is 30.7 Å². The summed E-state index contributed by atoms with van der Waals surface area (Å²) in [4.78, 5) is 15.4. The van der Waals surface area contributed by atoms with Crippen LogP contribution < -0.4 is 5.32 Å². The van der Waals surface area contributed by atoms with E-state index in [1.165, 1.54) is 12.1 Å². The molecule has 0 spiro atoms. The van der Waals surface area contributed by atoms with Gasteiger partial charge in [0.25, 0.3) is 0 Å². The van der Waals surface area contributed by atoms with Gasteiger partial charge in [-0.3, -0.25) is 4.98 Å². The molecule has 110 valence electrons. The van der Waals surface area contributed by atoms with Crippen LogP contribution in [-0.4, -0.2) is 18.1 Å². The van der Waals surface area contributed by atoms with Crippen molar-refractivity contribution in [3.63, 3.8) is 0 Å². The molecule has 0 bridgehead atoms. The summed E-state index contributed by atoms with van der Waals surface area (Å²) in [6, 6.07) is 6.15. The maximum Gasteiger partial charge on any atom is 0.340 e. The lowest BCUT2D eigenvalue weighted by Crippen LogP contribution is -2.10. The summed E-state index contributed by atoms with van der Waals surface area (Å²) in [5.41, 5.74) is 1.20. The molecule has 2 rings (SSSR count). The molecule has 1 N–H and O–H groups in total. The van der Waals surface area contributed by atoms with E-state index in [-0.39, 0.29) is 12.2 Å². The number of benzene rings is 1. The Labute approximate surface area is 120 Å². The van der Waals surface area contributed by atoms with Crippen molar-refractivity contribution in [2.45, 2.75) is 13.5 Å². The van der Waals surface area contributed by atoms with E-state index in [0.717, 1.165) is 18.4 Å². The average Bonchev–Trinajstić information content (AvgIpc) is 2.49. The normalized spacial score (nSPS) is 10.3. The standard InChI is InChI=1S/C15H14F2N2O2/c1-9-4-3-7-18-12(9)8-19-11-6-5-10(15(20)21-2)13(16)14(11)17/h3-7,19H,8H2,1-2H3. The number of halogens is 2. The van der Waals surface area contributed by atoms with Gasteiger partial charge in [0, 0.05) is 6.20 Å². The molecule has 0 fully saturated rings. The molecule has 0 unspecified atom stereocenters. The summed E-state index contributed by atoms with van der Waals surface area (Å²) in [5.74, 6) is -3.27. The highest BCUT2D eigenvalue weighted by Crippen LogP contribution is 2.22. The van der Waals surface area contributed by atoms with Crippen LogP contribution in [0.3, 0.4) is 0 Å². The van der Waals surface area contributed by atoms with Gasteiger partial charge < -0.3 is 10.1 Å². The number of aromatic nitrogens is 1. The van der Waals surface area contributed by atoms with Crippen LogP contribution in [-0.2, 0) is 11.3 Å². The second kappa shape index (κ2) is 6.30. The van der Waals surface area contributed by atoms with Crippen molar-refractivity contribution >= 4 is 11.7 Å². The van der Waals surface area contributed by atoms with Crippen LogP contribution >= 0.6 is 0 Å². The monoisotopic (exact) mass is 292 g/mol. The molecule has 1 aromatic heterocycles. The molecule has 0 aliphatic rings. The smallest absolute Gasteiger partial charge is 0.340 e.